The number of esters is 2. The van der Waals surface area contributed by atoms with Gasteiger partial charge in [-0.2, -0.15) is 0 Å². The maximum absolute atomic E-state index is 12.1. The zero-order valence-electron chi connectivity index (χ0n) is 27.8. The Morgan fingerprint density at radius 3 is 1.72 bits per heavy atom. The molecular formula is C34H50N2O11. The van der Waals surface area contributed by atoms with Gasteiger partial charge in [-0.1, -0.05) is 0 Å². The van der Waals surface area contributed by atoms with Gasteiger partial charge < -0.3 is 39.5 Å². The number of alkyl carbamates (subject to hydrolysis) is 2. The minimum atomic E-state index is -0.832. The number of rotatable bonds is 6. The van der Waals surface area contributed by atoms with Gasteiger partial charge in [0, 0.05) is 29.8 Å². The average molecular weight is 663 g/mol. The standard InChI is InChI=1S/C17H25NO6.C17H25NO5/c1-3-23-17(22)18-10-4-5-11-9(6-10)7-12-13(14(11)15(19)20)8(2)24-16(12)21;1-3-22-17(21)18-11-4-5-12-10(6-11)7-13-15(14(12)8-19)9(2)23-16(13)20/h8-14H,3-7H2,1-2H3,(H,18,22)(H,19,20);8-15H,3-7H2,1-2H3,(H,18,21)/t8-,9+,10-,11-,12-,13-,14+;9-,10+,11-,12-,13-,14+,15-/m11/s1. The molecule has 0 unspecified atom stereocenters. The van der Waals surface area contributed by atoms with Crippen LogP contribution in [0.3, 0.4) is 0 Å². The van der Waals surface area contributed by atoms with Gasteiger partial charge in [0.15, 0.2) is 0 Å². The van der Waals surface area contributed by atoms with Crippen molar-refractivity contribution in [1.29, 1.82) is 0 Å². The Kier molecular flexibility index (Phi) is 11.0. The van der Waals surface area contributed by atoms with Gasteiger partial charge in [0.25, 0.3) is 0 Å². The molecule has 2 heterocycles. The van der Waals surface area contributed by atoms with Crippen LogP contribution in [-0.4, -0.2) is 79.0 Å². The van der Waals surface area contributed by atoms with Crippen LogP contribution in [0.25, 0.3) is 0 Å². The van der Waals surface area contributed by atoms with E-state index in [0.717, 1.165) is 44.8 Å². The van der Waals surface area contributed by atoms with E-state index >= 15 is 0 Å². The summed E-state index contributed by atoms with van der Waals surface area (Å²) in [5.74, 6) is -1.87. The van der Waals surface area contributed by atoms with Gasteiger partial charge in [-0.3, -0.25) is 14.4 Å². The Morgan fingerprint density at radius 1 is 0.766 bits per heavy atom. The molecule has 2 aliphatic heterocycles. The number of carboxylic acids is 1. The number of aldehydes is 1. The maximum atomic E-state index is 12.1. The minimum Gasteiger partial charge on any atom is -0.481 e. The summed E-state index contributed by atoms with van der Waals surface area (Å²) in [6.45, 7) is 7.89. The van der Waals surface area contributed by atoms with E-state index in [1.54, 1.807) is 20.8 Å². The van der Waals surface area contributed by atoms with Crippen molar-refractivity contribution in [3.8, 4) is 0 Å². The summed E-state index contributed by atoms with van der Waals surface area (Å²) in [4.78, 5) is 71.0. The van der Waals surface area contributed by atoms with Gasteiger partial charge >= 0.3 is 30.1 Å². The first-order chi connectivity index (χ1) is 22.5. The first-order valence-electron chi connectivity index (χ1n) is 17.4. The normalized spacial score (nSPS) is 41.5. The fourth-order valence-corrected chi connectivity index (χ4v) is 10.1. The minimum absolute atomic E-state index is 0.0221. The van der Waals surface area contributed by atoms with Crippen molar-refractivity contribution in [2.45, 2.75) is 103 Å². The third-order valence-corrected chi connectivity index (χ3v) is 11.9. The lowest BCUT2D eigenvalue weighted by atomic mass is 9.57. The Labute approximate surface area is 275 Å². The summed E-state index contributed by atoms with van der Waals surface area (Å²) in [5.41, 5.74) is 0. The molecule has 4 saturated carbocycles. The molecule has 13 heteroatoms. The fraction of sp³-hybridized carbons (Fsp3) is 0.824. The summed E-state index contributed by atoms with van der Waals surface area (Å²) in [6.07, 6.45) is 5.87. The van der Waals surface area contributed by atoms with Crippen LogP contribution in [0.4, 0.5) is 9.59 Å². The summed E-state index contributed by atoms with van der Waals surface area (Å²) in [5, 5.41) is 15.5. The number of hydrogen-bond donors (Lipinski definition) is 3. The molecule has 13 nitrogen and oxygen atoms in total. The first kappa shape index (κ1) is 34.9. The van der Waals surface area contributed by atoms with Gasteiger partial charge in [-0.25, -0.2) is 9.59 Å². The number of amides is 2. The third-order valence-electron chi connectivity index (χ3n) is 11.9. The predicted octanol–water partition coefficient (Wildman–Crippen LogP) is 3.71. The molecule has 4 aliphatic carbocycles. The second-order valence-corrected chi connectivity index (χ2v) is 14.3. The van der Waals surface area contributed by atoms with E-state index in [1.807, 2.05) is 6.92 Å². The van der Waals surface area contributed by atoms with Crippen molar-refractivity contribution in [3.05, 3.63) is 0 Å². The Bertz CT molecular complexity index is 1210. The van der Waals surface area contributed by atoms with Crippen molar-refractivity contribution in [2.75, 3.05) is 13.2 Å². The number of ether oxygens (including phenoxy) is 4. The molecule has 0 aromatic rings. The Morgan fingerprint density at radius 2 is 1.23 bits per heavy atom. The highest BCUT2D eigenvalue weighted by Gasteiger charge is 2.58. The van der Waals surface area contributed by atoms with E-state index in [0.29, 0.717) is 32.0 Å². The van der Waals surface area contributed by atoms with Crippen LogP contribution in [0.1, 0.15) is 79.1 Å². The molecule has 3 N–H and O–H groups in total. The summed E-state index contributed by atoms with van der Waals surface area (Å²) in [6, 6.07) is 0.0418. The zero-order valence-corrected chi connectivity index (χ0v) is 27.8. The lowest BCUT2D eigenvalue weighted by Crippen LogP contribution is -2.51. The lowest BCUT2D eigenvalue weighted by Gasteiger charge is -2.46. The molecule has 6 fully saturated rings. The number of nitrogens with one attached hydrogen (secondary N) is 2. The number of aliphatic carboxylic acids is 1. The number of hydrogen-bond acceptors (Lipinski definition) is 10. The smallest absolute Gasteiger partial charge is 0.407 e. The number of carbonyl (C=O) groups is 6. The summed E-state index contributed by atoms with van der Waals surface area (Å²) in [7, 11) is 0. The van der Waals surface area contributed by atoms with E-state index in [1.165, 1.54) is 0 Å². The van der Waals surface area contributed by atoms with Crippen LogP contribution in [0, 0.1) is 59.2 Å². The molecule has 0 aromatic carbocycles. The second kappa shape index (κ2) is 14.8. The van der Waals surface area contributed by atoms with Gasteiger partial charge in [-0.05, 0) is 103 Å². The predicted molar refractivity (Wildman–Crippen MR) is 165 cm³/mol. The SMILES string of the molecule is CCOC(=O)N[C@@H]1CC[C@@H]2[C@@H](C1)C[C@H]1C(=O)O[C@H](C)[C@H]1[C@H]2C(=O)O.CCOC(=O)N[C@@H]1CC[C@@H]2[C@@H](C1)C[C@H]1C(=O)O[C@H](C)[C@H]1[C@H]2C=O. The molecule has 6 rings (SSSR count). The van der Waals surface area contributed by atoms with E-state index in [9.17, 15) is 33.9 Å². The summed E-state index contributed by atoms with van der Waals surface area (Å²) >= 11 is 0. The van der Waals surface area contributed by atoms with Crippen LogP contribution in [0.2, 0.25) is 0 Å². The molecule has 0 aromatic heterocycles. The number of carboxylic acid groups (broad SMARTS) is 1. The van der Waals surface area contributed by atoms with E-state index in [4.69, 9.17) is 18.9 Å². The monoisotopic (exact) mass is 662 g/mol. The van der Waals surface area contributed by atoms with Crippen LogP contribution >= 0.6 is 0 Å². The van der Waals surface area contributed by atoms with Gasteiger partial charge in [0.05, 0.1) is 31.0 Å². The average Bonchev–Trinajstić information content (AvgIpc) is 3.47. The number of fused-ring (bicyclic) bond motifs is 4. The van der Waals surface area contributed by atoms with E-state index in [2.05, 4.69) is 10.6 Å². The molecule has 0 bridgehead atoms. The van der Waals surface area contributed by atoms with Crippen LogP contribution < -0.4 is 10.6 Å². The number of cyclic esters (lactones) is 2. The van der Waals surface area contributed by atoms with Crippen molar-refractivity contribution in [2.24, 2.45) is 59.2 Å². The van der Waals surface area contributed by atoms with Crippen molar-refractivity contribution in [1.82, 2.24) is 10.6 Å². The topological polar surface area (TPSA) is 184 Å². The quantitative estimate of drug-likeness (QED) is 0.214. The van der Waals surface area contributed by atoms with Gasteiger partial charge in [-0.15, -0.1) is 0 Å². The van der Waals surface area contributed by atoms with E-state index < -0.39 is 18.0 Å². The van der Waals surface area contributed by atoms with Crippen LogP contribution in [0.5, 0.6) is 0 Å². The largest absolute Gasteiger partial charge is 0.481 e. The highest BCUT2D eigenvalue weighted by atomic mass is 16.6. The van der Waals surface area contributed by atoms with Crippen molar-refractivity contribution < 1.29 is 52.8 Å². The molecule has 0 spiro atoms. The molecule has 2 amide bonds. The van der Waals surface area contributed by atoms with Crippen molar-refractivity contribution >= 4 is 36.4 Å². The van der Waals surface area contributed by atoms with Crippen molar-refractivity contribution in [3.63, 3.8) is 0 Å². The van der Waals surface area contributed by atoms with Crippen LogP contribution in [-0.2, 0) is 38.1 Å². The highest BCUT2D eigenvalue weighted by molar-refractivity contribution is 5.79. The molecule has 0 radical (unpaired) electrons. The maximum Gasteiger partial charge on any atom is 0.407 e. The molecule has 6 aliphatic rings. The zero-order chi connectivity index (χ0) is 34.0. The molecule has 262 valence electrons. The third kappa shape index (κ3) is 7.23. The second-order valence-electron chi connectivity index (χ2n) is 14.3. The fourth-order valence-electron chi connectivity index (χ4n) is 10.1. The van der Waals surface area contributed by atoms with Crippen LogP contribution in [0.15, 0.2) is 0 Å². The Hall–Kier alpha value is -3.38. The highest BCUT2D eigenvalue weighted by Crippen LogP contribution is 2.54. The molecule has 14 atom stereocenters. The van der Waals surface area contributed by atoms with Gasteiger partial charge in [0.2, 0.25) is 0 Å². The molecular weight excluding hydrogens is 612 g/mol. The Balaban J connectivity index is 0.000000185. The lowest BCUT2D eigenvalue weighted by molar-refractivity contribution is -0.153. The van der Waals surface area contributed by atoms with E-state index in [-0.39, 0.29) is 89.7 Å². The summed E-state index contributed by atoms with van der Waals surface area (Å²) < 4.78 is 20.6. The molecule has 2 saturated heterocycles. The first-order valence-corrected chi connectivity index (χ1v) is 17.4. The number of carbonyl (C=O) groups excluding carboxylic acids is 5. The van der Waals surface area contributed by atoms with Gasteiger partial charge in [0.1, 0.15) is 18.5 Å². The molecule has 47 heavy (non-hydrogen) atoms.